The van der Waals surface area contributed by atoms with Gasteiger partial charge in [0, 0.05) is 18.0 Å². The number of carbonyl (C=O) groups excluding carboxylic acids is 2. The Morgan fingerprint density at radius 2 is 1.71 bits per heavy atom. The fourth-order valence-electron chi connectivity index (χ4n) is 3.36. The number of nitrogens with zero attached hydrogens (tertiary/aromatic N) is 3. The van der Waals surface area contributed by atoms with Gasteiger partial charge in [0.1, 0.15) is 11.5 Å². The van der Waals surface area contributed by atoms with Crippen LogP contribution in [0.3, 0.4) is 0 Å². The molecule has 3 aromatic rings. The van der Waals surface area contributed by atoms with E-state index in [4.69, 9.17) is 27.9 Å². The van der Waals surface area contributed by atoms with E-state index in [0.717, 1.165) is 4.90 Å². The summed E-state index contributed by atoms with van der Waals surface area (Å²) in [4.78, 5) is 35.3. The van der Waals surface area contributed by atoms with Crippen LogP contribution >= 0.6 is 23.2 Å². The molecule has 1 aromatic heterocycles. The van der Waals surface area contributed by atoms with Gasteiger partial charge in [-0.15, -0.1) is 0 Å². The Kier molecular flexibility index (Phi) is 5.63. The van der Waals surface area contributed by atoms with E-state index in [1.54, 1.807) is 42.5 Å². The van der Waals surface area contributed by atoms with E-state index in [-0.39, 0.29) is 22.3 Å². The quantitative estimate of drug-likeness (QED) is 0.355. The van der Waals surface area contributed by atoms with E-state index in [1.807, 2.05) is 0 Å². The van der Waals surface area contributed by atoms with Crippen molar-refractivity contribution in [2.24, 2.45) is 0 Å². The van der Waals surface area contributed by atoms with Crippen LogP contribution in [0.5, 0.6) is 5.75 Å². The summed E-state index contributed by atoms with van der Waals surface area (Å²) in [5.41, 5.74) is 0.704. The highest BCUT2D eigenvalue weighted by Crippen LogP contribution is 2.42. The molecule has 0 aliphatic carbocycles. The third-order valence-electron chi connectivity index (χ3n) is 4.83. The molecule has 1 fully saturated rings. The lowest BCUT2D eigenvalue weighted by atomic mass is 9.95. The third kappa shape index (κ3) is 3.73. The molecule has 7 nitrogen and oxygen atoms in total. The van der Waals surface area contributed by atoms with Crippen molar-refractivity contribution in [1.82, 2.24) is 9.97 Å². The monoisotopic (exact) mass is 455 g/mol. The Balaban J connectivity index is 1.94. The van der Waals surface area contributed by atoms with Crippen LogP contribution in [-0.4, -0.2) is 33.9 Å². The molecule has 4 rings (SSSR count). The molecule has 156 valence electrons. The van der Waals surface area contributed by atoms with Gasteiger partial charge < -0.3 is 9.84 Å². The molecule has 2 heterocycles. The van der Waals surface area contributed by atoms with E-state index >= 15 is 0 Å². The van der Waals surface area contributed by atoms with Crippen LogP contribution < -0.4 is 9.64 Å². The van der Waals surface area contributed by atoms with Gasteiger partial charge >= 0.3 is 5.91 Å². The van der Waals surface area contributed by atoms with Gasteiger partial charge in [0.25, 0.3) is 5.78 Å². The van der Waals surface area contributed by atoms with Crippen molar-refractivity contribution < 1.29 is 19.4 Å². The van der Waals surface area contributed by atoms with Crippen molar-refractivity contribution in [3.05, 3.63) is 87.7 Å². The number of carbonyl (C=O) groups is 2. The largest absolute Gasteiger partial charge is 0.507 e. The van der Waals surface area contributed by atoms with E-state index in [1.165, 1.54) is 25.6 Å². The second-order valence-electron chi connectivity index (χ2n) is 6.62. The molecule has 31 heavy (non-hydrogen) atoms. The molecular formula is C22H15Cl2N3O4. The summed E-state index contributed by atoms with van der Waals surface area (Å²) in [6, 6.07) is 11.8. The Bertz CT molecular complexity index is 1200. The lowest BCUT2D eigenvalue weighted by molar-refractivity contribution is -0.132. The van der Waals surface area contributed by atoms with Crippen LogP contribution in [0.1, 0.15) is 17.2 Å². The van der Waals surface area contributed by atoms with Crippen LogP contribution in [0.15, 0.2) is 66.5 Å². The topological polar surface area (TPSA) is 92.6 Å². The molecule has 1 aliphatic rings. The number of anilines is 1. The van der Waals surface area contributed by atoms with Gasteiger partial charge in [-0.05, 0) is 48.0 Å². The Hall–Kier alpha value is -3.42. The highest BCUT2D eigenvalue weighted by molar-refractivity contribution is 6.51. The number of aliphatic hydroxyl groups excluding tert-OH is 1. The summed E-state index contributed by atoms with van der Waals surface area (Å²) in [6.07, 6.45) is 2.91. The molecule has 1 aliphatic heterocycles. The second-order valence-corrected chi connectivity index (χ2v) is 7.43. The van der Waals surface area contributed by atoms with Crippen molar-refractivity contribution in [2.45, 2.75) is 6.04 Å². The number of benzene rings is 2. The van der Waals surface area contributed by atoms with E-state index in [9.17, 15) is 14.7 Å². The van der Waals surface area contributed by atoms with E-state index in [2.05, 4.69) is 9.97 Å². The van der Waals surface area contributed by atoms with Crippen molar-refractivity contribution in [3.63, 3.8) is 0 Å². The summed E-state index contributed by atoms with van der Waals surface area (Å²) in [7, 11) is 1.52. The zero-order valence-corrected chi connectivity index (χ0v) is 17.6. The summed E-state index contributed by atoms with van der Waals surface area (Å²) in [5.74, 6) is -1.46. The number of ketones is 1. The standard InChI is InChI=1S/C22H15Cl2N3O4/c1-31-14-6-3-12(4-7-14)19(28)17-18(13-5-8-15(23)16(24)11-13)27(21(30)20(17)29)22-25-9-2-10-26-22/h2-11,18,28H,1H3/b19-17+. The number of halogens is 2. The van der Waals surface area contributed by atoms with Crippen molar-refractivity contribution >= 4 is 46.6 Å². The first-order valence-corrected chi connectivity index (χ1v) is 9.85. The Morgan fingerprint density at radius 1 is 1.03 bits per heavy atom. The molecule has 0 saturated carbocycles. The maximum absolute atomic E-state index is 13.0. The number of rotatable bonds is 4. The minimum Gasteiger partial charge on any atom is -0.507 e. The Labute approximate surface area is 187 Å². The zero-order chi connectivity index (χ0) is 22.1. The number of ether oxygens (including phenoxy) is 1. The average molecular weight is 456 g/mol. The maximum atomic E-state index is 13.0. The first kappa shape index (κ1) is 20.8. The van der Waals surface area contributed by atoms with Gasteiger partial charge in [0.15, 0.2) is 0 Å². The summed E-state index contributed by atoms with van der Waals surface area (Å²) in [6.45, 7) is 0. The van der Waals surface area contributed by atoms with Gasteiger partial charge in [0.2, 0.25) is 5.95 Å². The molecule has 1 saturated heterocycles. The normalized spacial score (nSPS) is 17.8. The van der Waals surface area contributed by atoms with Crippen LogP contribution in [0.4, 0.5) is 5.95 Å². The average Bonchev–Trinajstić information content (AvgIpc) is 3.06. The molecule has 1 unspecified atom stereocenters. The minimum atomic E-state index is -1.00. The second kappa shape index (κ2) is 8.37. The van der Waals surface area contributed by atoms with Crippen LogP contribution in [0, 0.1) is 0 Å². The lowest BCUT2D eigenvalue weighted by Crippen LogP contribution is -2.31. The molecule has 1 N–H and O–H groups in total. The molecule has 0 radical (unpaired) electrons. The fourth-order valence-corrected chi connectivity index (χ4v) is 3.66. The van der Waals surface area contributed by atoms with E-state index < -0.39 is 17.7 Å². The smallest absolute Gasteiger partial charge is 0.302 e. The minimum absolute atomic E-state index is 0.0226. The van der Waals surface area contributed by atoms with Gasteiger partial charge in [-0.1, -0.05) is 29.3 Å². The van der Waals surface area contributed by atoms with Gasteiger partial charge in [-0.3, -0.25) is 14.5 Å². The third-order valence-corrected chi connectivity index (χ3v) is 5.57. The van der Waals surface area contributed by atoms with Crippen molar-refractivity contribution in [3.8, 4) is 5.75 Å². The summed E-state index contributed by atoms with van der Waals surface area (Å²) >= 11 is 12.2. The summed E-state index contributed by atoms with van der Waals surface area (Å²) < 4.78 is 5.13. The number of amides is 1. The van der Waals surface area contributed by atoms with Crippen LogP contribution in [0.2, 0.25) is 10.0 Å². The summed E-state index contributed by atoms with van der Waals surface area (Å²) in [5, 5.41) is 11.6. The predicted molar refractivity (Wildman–Crippen MR) is 116 cm³/mol. The predicted octanol–water partition coefficient (Wildman–Crippen LogP) is 4.42. The number of Topliss-reactive ketones (excluding diaryl/α,β-unsaturated/α-hetero) is 1. The molecule has 1 amide bonds. The molecule has 1 atom stereocenters. The molecule has 9 heteroatoms. The number of aromatic nitrogens is 2. The van der Waals surface area contributed by atoms with Crippen molar-refractivity contribution in [2.75, 3.05) is 12.0 Å². The van der Waals surface area contributed by atoms with Crippen LogP contribution in [0.25, 0.3) is 5.76 Å². The van der Waals surface area contributed by atoms with Crippen molar-refractivity contribution in [1.29, 1.82) is 0 Å². The number of hydrogen-bond donors (Lipinski definition) is 1. The molecular weight excluding hydrogens is 441 g/mol. The van der Waals surface area contributed by atoms with Crippen LogP contribution in [-0.2, 0) is 9.59 Å². The number of aliphatic hydroxyl groups is 1. The molecule has 2 aromatic carbocycles. The zero-order valence-electron chi connectivity index (χ0n) is 16.1. The molecule has 0 spiro atoms. The van der Waals surface area contributed by atoms with Gasteiger partial charge in [-0.2, -0.15) is 0 Å². The Morgan fingerprint density at radius 3 is 2.32 bits per heavy atom. The maximum Gasteiger partial charge on any atom is 0.302 e. The van der Waals surface area contributed by atoms with Gasteiger partial charge in [0.05, 0.1) is 28.8 Å². The first-order valence-electron chi connectivity index (χ1n) is 9.09. The first-order chi connectivity index (χ1) is 14.9. The number of methoxy groups -OCH3 is 1. The SMILES string of the molecule is COc1ccc(/C(O)=C2\C(=O)C(=O)N(c3ncccn3)C2c2ccc(Cl)c(Cl)c2)cc1. The fraction of sp³-hybridized carbons (Fsp3) is 0.0909. The number of hydrogen-bond acceptors (Lipinski definition) is 6. The van der Waals surface area contributed by atoms with Gasteiger partial charge in [-0.25, -0.2) is 9.97 Å². The lowest BCUT2D eigenvalue weighted by Gasteiger charge is -2.23. The molecule has 0 bridgehead atoms. The highest BCUT2D eigenvalue weighted by Gasteiger charge is 2.48. The van der Waals surface area contributed by atoms with E-state index in [0.29, 0.717) is 21.9 Å². The highest BCUT2D eigenvalue weighted by atomic mass is 35.5.